The quantitative estimate of drug-likeness (QED) is 0.891. The number of aryl methyl sites for hydroxylation is 2. The summed E-state index contributed by atoms with van der Waals surface area (Å²) in [4.78, 5) is 14.9. The summed E-state index contributed by atoms with van der Waals surface area (Å²) in [6.45, 7) is 8.95. The lowest BCUT2D eigenvalue weighted by Gasteiger charge is -2.35. The topological polar surface area (TPSA) is 45.5 Å². The van der Waals surface area contributed by atoms with E-state index in [-0.39, 0.29) is 11.9 Å². The number of carbonyl (C=O) groups excluding carboxylic acids is 1. The number of nitrogens with one attached hydrogen (secondary N) is 1. The van der Waals surface area contributed by atoms with Crippen molar-refractivity contribution in [3.8, 4) is 0 Å². The molecule has 1 atom stereocenters. The third-order valence-corrected chi connectivity index (χ3v) is 5.12. The predicted octanol–water partition coefficient (Wildman–Crippen LogP) is 4.10. The van der Waals surface area contributed by atoms with E-state index in [1.165, 1.54) is 12.8 Å². The summed E-state index contributed by atoms with van der Waals surface area (Å²) in [6, 6.07) is 11.8. The summed E-state index contributed by atoms with van der Waals surface area (Å²) < 4.78 is 5.89. The summed E-state index contributed by atoms with van der Waals surface area (Å²) in [6.07, 6.45) is 2.39. The van der Waals surface area contributed by atoms with Crippen molar-refractivity contribution in [2.45, 2.75) is 39.7 Å². The molecular formula is C21H28N2O2. The highest BCUT2D eigenvalue weighted by atomic mass is 16.3. The first kappa shape index (κ1) is 17.7. The summed E-state index contributed by atoms with van der Waals surface area (Å²) in [5.74, 6) is 2.60. The van der Waals surface area contributed by atoms with Crippen LogP contribution in [-0.2, 0) is 0 Å². The van der Waals surface area contributed by atoms with Crippen molar-refractivity contribution in [1.82, 2.24) is 10.2 Å². The maximum atomic E-state index is 12.5. The fourth-order valence-electron chi connectivity index (χ4n) is 3.38. The van der Waals surface area contributed by atoms with Crippen molar-refractivity contribution in [3.63, 3.8) is 0 Å². The van der Waals surface area contributed by atoms with Crippen LogP contribution in [0.25, 0.3) is 0 Å². The Balaban J connectivity index is 1.69. The molecule has 2 aromatic rings. The molecule has 0 unspecified atom stereocenters. The van der Waals surface area contributed by atoms with Gasteiger partial charge in [0.05, 0.1) is 6.04 Å². The first-order chi connectivity index (χ1) is 12.0. The number of amides is 1. The minimum Gasteiger partial charge on any atom is -0.465 e. The third-order valence-electron chi connectivity index (χ3n) is 5.12. The normalized spacial score (nSPS) is 17.4. The lowest BCUT2D eigenvalue weighted by atomic mass is 9.97. The summed E-state index contributed by atoms with van der Waals surface area (Å²) in [5.41, 5.74) is 1.86. The smallest absolute Gasteiger partial charge is 0.251 e. The Hall–Kier alpha value is -2.07. The Kier molecular flexibility index (Phi) is 5.59. The zero-order chi connectivity index (χ0) is 17.8. The van der Waals surface area contributed by atoms with Crippen molar-refractivity contribution in [2.75, 3.05) is 19.6 Å². The van der Waals surface area contributed by atoms with Gasteiger partial charge in [0.1, 0.15) is 11.5 Å². The molecule has 1 aliphatic rings. The molecule has 1 N–H and O–H groups in total. The van der Waals surface area contributed by atoms with E-state index in [0.29, 0.717) is 12.1 Å². The van der Waals surface area contributed by atoms with Gasteiger partial charge in [0.25, 0.3) is 5.91 Å². The molecule has 1 fully saturated rings. The molecule has 0 saturated carbocycles. The molecule has 0 radical (unpaired) electrons. The number of benzene rings is 1. The molecule has 4 nitrogen and oxygen atoms in total. The Morgan fingerprint density at radius 3 is 2.44 bits per heavy atom. The van der Waals surface area contributed by atoms with Crippen LogP contribution in [0.3, 0.4) is 0 Å². The minimum absolute atomic E-state index is 0.0290. The highest BCUT2D eigenvalue weighted by Crippen LogP contribution is 2.27. The van der Waals surface area contributed by atoms with Gasteiger partial charge in [-0.05, 0) is 70.0 Å². The first-order valence-electron chi connectivity index (χ1n) is 9.18. The minimum atomic E-state index is -0.0290. The predicted molar refractivity (Wildman–Crippen MR) is 99.7 cm³/mol. The van der Waals surface area contributed by atoms with Gasteiger partial charge in [0.2, 0.25) is 0 Å². The van der Waals surface area contributed by atoms with Crippen LogP contribution in [0.2, 0.25) is 0 Å². The van der Waals surface area contributed by atoms with Crippen molar-refractivity contribution >= 4 is 5.91 Å². The zero-order valence-corrected chi connectivity index (χ0v) is 15.4. The molecule has 1 aromatic carbocycles. The monoisotopic (exact) mass is 340 g/mol. The number of likely N-dealkylation sites (tertiary alicyclic amines) is 1. The lowest BCUT2D eigenvalue weighted by Crippen LogP contribution is -2.41. The number of carbonyl (C=O) groups is 1. The maximum Gasteiger partial charge on any atom is 0.251 e. The summed E-state index contributed by atoms with van der Waals surface area (Å²) >= 11 is 0. The first-order valence-corrected chi connectivity index (χ1v) is 9.18. The van der Waals surface area contributed by atoms with Gasteiger partial charge in [0, 0.05) is 12.1 Å². The molecule has 0 bridgehead atoms. The van der Waals surface area contributed by atoms with Crippen LogP contribution in [0.5, 0.6) is 0 Å². The van der Waals surface area contributed by atoms with Gasteiger partial charge in [-0.2, -0.15) is 0 Å². The maximum absolute atomic E-state index is 12.5. The van der Waals surface area contributed by atoms with Crippen LogP contribution >= 0.6 is 0 Å². The van der Waals surface area contributed by atoms with E-state index in [1.807, 2.05) is 50.2 Å². The molecule has 1 saturated heterocycles. The number of hydrogen-bond acceptors (Lipinski definition) is 3. The van der Waals surface area contributed by atoms with Gasteiger partial charge in [-0.3, -0.25) is 9.69 Å². The van der Waals surface area contributed by atoms with E-state index in [2.05, 4.69) is 17.1 Å². The van der Waals surface area contributed by atoms with Gasteiger partial charge >= 0.3 is 0 Å². The second kappa shape index (κ2) is 7.87. The van der Waals surface area contributed by atoms with Crippen LogP contribution in [0.4, 0.5) is 0 Å². The van der Waals surface area contributed by atoms with E-state index in [0.717, 1.165) is 36.1 Å². The van der Waals surface area contributed by atoms with E-state index in [4.69, 9.17) is 4.42 Å². The Morgan fingerprint density at radius 2 is 1.84 bits per heavy atom. The number of furan rings is 1. The van der Waals surface area contributed by atoms with Gasteiger partial charge in [-0.25, -0.2) is 0 Å². The molecule has 1 aromatic heterocycles. The average Bonchev–Trinajstić information content (AvgIpc) is 3.03. The molecule has 0 aliphatic carbocycles. The number of hydrogen-bond donors (Lipinski definition) is 1. The highest BCUT2D eigenvalue weighted by molar-refractivity contribution is 5.94. The lowest BCUT2D eigenvalue weighted by molar-refractivity contribution is 0.0895. The van der Waals surface area contributed by atoms with E-state index in [9.17, 15) is 4.79 Å². The van der Waals surface area contributed by atoms with Crippen molar-refractivity contribution in [3.05, 3.63) is 59.0 Å². The van der Waals surface area contributed by atoms with Gasteiger partial charge < -0.3 is 9.73 Å². The molecule has 2 heterocycles. The van der Waals surface area contributed by atoms with Crippen molar-refractivity contribution in [2.24, 2.45) is 5.92 Å². The molecule has 1 amide bonds. The van der Waals surface area contributed by atoms with Crippen LogP contribution in [-0.4, -0.2) is 30.4 Å². The Morgan fingerprint density at radius 1 is 1.16 bits per heavy atom. The van der Waals surface area contributed by atoms with E-state index < -0.39 is 0 Å². The van der Waals surface area contributed by atoms with Crippen molar-refractivity contribution < 1.29 is 9.21 Å². The van der Waals surface area contributed by atoms with Gasteiger partial charge in [0.15, 0.2) is 0 Å². The fourth-order valence-corrected chi connectivity index (χ4v) is 3.38. The highest BCUT2D eigenvalue weighted by Gasteiger charge is 2.27. The van der Waals surface area contributed by atoms with E-state index in [1.54, 1.807) is 0 Å². The number of piperidine rings is 1. The molecular weight excluding hydrogens is 312 g/mol. The van der Waals surface area contributed by atoms with Crippen LogP contribution in [0.15, 0.2) is 40.8 Å². The molecule has 3 rings (SSSR count). The van der Waals surface area contributed by atoms with Crippen LogP contribution in [0, 0.1) is 19.8 Å². The second-order valence-electron chi connectivity index (χ2n) is 7.26. The molecule has 1 aliphatic heterocycles. The fraction of sp³-hybridized carbons (Fsp3) is 0.476. The average molecular weight is 340 g/mol. The molecule has 134 valence electrons. The standard InChI is InChI=1S/C21H28N2O2/c1-15-4-7-18(8-5-15)21(24)22-14-19(20-9-6-17(3)25-20)23-12-10-16(2)11-13-23/h4-9,16,19H,10-14H2,1-3H3,(H,22,24)/t19-/m0/s1. The third kappa shape index (κ3) is 4.51. The number of rotatable bonds is 5. The largest absolute Gasteiger partial charge is 0.465 e. The van der Waals surface area contributed by atoms with Gasteiger partial charge in [-0.15, -0.1) is 0 Å². The number of nitrogens with zero attached hydrogens (tertiary/aromatic N) is 1. The molecule has 4 heteroatoms. The Labute approximate surface area is 150 Å². The summed E-state index contributed by atoms with van der Waals surface area (Å²) in [5, 5.41) is 3.09. The molecule has 0 spiro atoms. The second-order valence-corrected chi connectivity index (χ2v) is 7.26. The van der Waals surface area contributed by atoms with Crippen LogP contribution < -0.4 is 5.32 Å². The van der Waals surface area contributed by atoms with Gasteiger partial charge in [-0.1, -0.05) is 24.6 Å². The summed E-state index contributed by atoms with van der Waals surface area (Å²) in [7, 11) is 0. The van der Waals surface area contributed by atoms with E-state index >= 15 is 0 Å². The SMILES string of the molecule is Cc1ccc(C(=O)NC[C@@H](c2ccc(C)o2)N2CCC(C)CC2)cc1. The van der Waals surface area contributed by atoms with Crippen LogP contribution in [0.1, 0.15) is 53.2 Å². The molecule has 25 heavy (non-hydrogen) atoms. The zero-order valence-electron chi connectivity index (χ0n) is 15.4. The van der Waals surface area contributed by atoms with Crippen molar-refractivity contribution in [1.29, 1.82) is 0 Å². The Bertz CT molecular complexity index is 697.